The minimum absolute atomic E-state index is 0.0280. The molecule has 0 spiro atoms. The first kappa shape index (κ1) is 16.4. The second-order valence-corrected chi connectivity index (χ2v) is 6.62. The number of aryl methyl sites for hydroxylation is 1. The van der Waals surface area contributed by atoms with Crippen LogP contribution in [-0.2, 0) is 11.2 Å². The van der Waals surface area contributed by atoms with Gasteiger partial charge in [-0.1, -0.05) is 36.4 Å². The van der Waals surface area contributed by atoms with Gasteiger partial charge < -0.3 is 15.6 Å². The van der Waals surface area contributed by atoms with Gasteiger partial charge >= 0.3 is 0 Å². The summed E-state index contributed by atoms with van der Waals surface area (Å²) in [5.41, 5.74) is 4.05. The summed E-state index contributed by atoms with van der Waals surface area (Å²) in [4.78, 5) is 27.9. The maximum absolute atomic E-state index is 12.3. The van der Waals surface area contributed by atoms with Crippen LogP contribution in [0.15, 0.2) is 54.6 Å². The van der Waals surface area contributed by atoms with Crippen molar-refractivity contribution in [2.75, 3.05) is 6.54 Å². The molecular formula is C21H21N3O2. The lowest BCUT2D eigenvalue weighted by Gasteiger charge is -2.24. The van der Waals surface area contributed by atoms with Crippen LogP contribution in [0.5, 0.6) is 0 Å². The summed E-state index contributed by atoms with van der Waals surface area (Å²) < 4.78 is 0. The number of nitrogens with one attached hydrogen (secondary N) is 3. The van der Waals surface area contributed by atoms with Crippen molar-refractivity contribution in [3.8, 4) is 0 Å². The molecule has 5 nitrogen and oxygen atoms in total. The lowest BCUT2D eigenvalue weighted by atomic mass is 9.91. The number of benzene rings is 2. The molecule has 3 aromatic rings. The third kappa shape index (κ3) is 3.20. The van der Waals surface area contributed by atoms with Gasteiger partial charge in [0.05, 0.1) is 12.6 Å². The zero-order valence-corrected chi connectivity index (χ0v) is 14.4. The first-order valence-electron chi connectivity index (χ1n) is 8.94. The predicted molar refractivity (Wildman–Crippen MR) is 101 cm³/mol. The maximum atomic E-state index is 12.3. The molecule has 0 unspecified atom stereocenters. The van der Waals surface area contributed by atoms with Crippen molar-refractivity contribution in [3.63, 3.8) is 0 Å². The highest BCUT2D eigenvalue weighted by Crippen LogP contribution is 2.34. The van der Waals surface area contributed by atoms with Crippen LogP contribution in [0.25, 0.3) is 10.9 Å². The summed E-state index contributed by atoms with van der Waals surface area (Å²) in [6.45, 7) is -0.0280. The molecule has 0 fully saturated rings. The Morgan fingerprint density at radius 3 is 2.65 bits per heavy atom. The van der Waals surface area contributed by atoms with Gasteiger partial charge in [-0.05, 0) is 43.0 Å². The molecule has 0 aliphatic heterocycles. The number of aromatic nitrogens is 1. The molecule has 0 radical (unpaired) electrons. The lowest BCUT2D eigenvalue weighted by molar-refractivity contribution is -0.121. The van der Waals surface area contributed by atoms with E-state index in [2.05, 4.69) is 27.8 Å². The minimum atomic E-state index is -0.240. The Hall–Kier alpha value is -3.08. The maximum Gasteiger partial charge on any atom is 0.251 e. The molecule has 1 heterocycles. The van der Waals surface area contributed by atoms with Crippen LogP contribution in [0.3, 0.4) is 0 Å². The van der Waals surface area contributed by atoms with Crippen molar-refractivity contribution in [3.05, 3.63) is 71.4 Å². The molecular weight excluding hydrogens is 326 g/mol. The number of fused-ring (bicyclic) bond motifs is 3. The zero-order chi connectivity index (χ0) is 17.9. The summed E-state index contributed by atoms with van der Waals surface area (Å²) in [6, 6.07) is 17.1. The SMILES string of the molecule is O=C(CNC(=O)c1ccccc1)N[C@H]1CCCc2c1[nH]c1ccccc21. The van der Waals surface area contributed by atoms with E-state index in [9.17, 15) is 9.59 Å². The fourth-order valence-electron chi connectivity index (χ4n) is 3.66. The van der Waals surface area contributed by atoms with Gasteiger partial charge in [0.1, 0.15) is 0 Å². The molecule has 132 valence electrons. The molecule has 0 bridgehead atoms. The quantitative estimate of drug-likeness (QED) is 0.678. The van der Waals surface area contributed by atoms with Gasteiger partial charge in [-0.2, -0.15) is 0 Å². The van der Waals surface area contributed by atoms with Gasteiger partial charge in [0.15, 0.2) is 0 Å². The molecule has 0 saturated carbocycles. The largest absolute Gasteiger partial charge is 0.356 e. The zero-order valence-electron chi connectivity index (χ0n) is 14.4. The van der Waals surface area contributed by atoms with Gasteiger partial charge in [-0.3, -0.25) is 9.59 Å². The van der Waals surface area contributed by atoms with Gasteiger partial charge in [0.2, 0.25) is 5.91 Å². The molecule has 3 N–H and O–H groups in total. The third-order valence-electron chi connectivity index (χ3n) is 4.90. The highest BCUT2D eigenvalue weighted by Gasteiger charge is 2.25. The van der Waals surface area contributed by atoms with Crippen LogP contribution >= 0.6 is 0 Å². The third-order valence-corrected chi connectivity index (χ3v) is 4.90. The number of carbonyl (C=O) groups is 2. The van der Waals surface area contributed by atoms with Gasteiger partial charge in [-0.25, -0.2) is 0 Å². The van der Waals surface area contributed by atoms with Crippen molar-refractivity contribution in [1.82, 2.24) is 15.6 Å². The van der Waals surface area contributed by atoms with E-state index < -0.39 is 0 Å². The molecule has 2 aromatic carbocycles. The number of aromatic amines is 1. The van der Waals surface area contributed by atoms with E-state index in [-0.39, 0.29) is 24.4 Å². The molecule has 5 heteroatoms. The summed E-state index contributed by atoms with van der Waals surface area (Å²) in [5.74, 6) is -0.415. The van der Waals surface area contributed by atoms with Crippen LogP contribution < -0.4 is 10.6 Å². The minimum Gasteiger partial charge on any atom is -0.356 e. The topological polar surface area (TPSA) is 74.0 Å². The van der Waals surface area contributed by atoms with Crippen molar-refractivity contribution in [2.24, 2.45) is 0 Å². The fourth-order valence-corrected chi connectivity index (χ4v) is 3.66. The number of carbonyl (C=O) groups excluding carboxylic acids is 2. The van der Waals surface area contributed by atoms with Gasteiger partial charge in [-0.15, -0.1) is 0 Å². The first-order chi connectivity index (χ1) is 12.7. The summed E-state index contributed by atoms with van der Waals surface area (Å²) in [7, 11) is 0. The van der Waals surface area contributed by atoms with E-state index in [0.717, 1.165) is 30.5 Å². The number of rotatable bonds is 4. The molecule has 26 heavy (non-hydrogen) atoms. The number of hydrogen-bond acceptors (Lipinski definition) is 2. The first-order valence-corrected chi connectivity index (χ1v) is 8.94. The Balaban J connectivity index is 1.42. The summed E-state index contributed by atoms with van der Waals surface area (Å²) in [6.07, 6.45) is 2.96. The molecule has 1 atom stereocenters. The summed E-state index contributed by atoms with van der Waals surface area (Å²) in [5, 5.41) is 6.97. The number of hydrogen-bond donors (Lipinski definition) is 3. The Morgan fingerprint density at radius 1 is 1.04 bits per heavy atom. The van der Waals surface area contributed by atoms with E-state index >= 15 is 0 Å². The normalized spacial score (nSPS) is 16.1. The Bertz CT molecular complexity index is 946. The molecule has 1 aliphatic rings. The van der Waals surface area contributed by atoms with E-state index in [1.807, 2.05) is 18.2 Å². The molecule has 4 rings (SSSR count). The van der Waals surface area contributed by atoms with Crippen molar-refractivity contribution in [1.29, 1.82) is 0 Å². The average Bonchev–Trinajstić information content (AvgIpc) is 3.07. The monoisotopic (exact) mass is 347 g/mol. The highest BCUT2D eigenvalue weighted by molar-refractivity contribution is 5.96. The Kier molecular flexibility index (Phi) is 4.44. The van der Waals surface area contributed by atoms with Crippen LogP contribution in [0.2, 0.25) is 0 Å². The van der Waals surface area contributed by atoms with Gasteiger partial charge in [0.25, 0.3) is 5.91 Å². The highest BCUT2D eigenvalue weighted by atomic mass is 16.2. The van der Waals surface area contributed by atoms with Crippen molar-refractivity contribution >= 4 is 22.7 Å². The second kappa shape index (κ2) is 7.04. The van der Waals surface area contributed by atoms with Gasteiger partial charge in [0, 0.05) is 22.2 Å². The predicted octanol–water partition coefficient (Wildman–Crippen LogP) is 3.09. The smallest absolute Gasteiger partial charge is 0.251 e. The fraction of sp³-hybridized carbons (Fsp3) is 0.238. The number of para-hydroxylation sites is 1. The standard InChI is InChI=1S/C21H21N3O2/c25-19(13-22-21(26)14-7-2-1-3-8-14)23-18-12-6-10-16-15-9-4-5-11-17(15)24-20(16)18/h1-5,7-9,11,18,24H,6,10,12-13H2,(H,22,26)(H,23,25)/t18-/m0/s1. The average molecular weight is 347 g/mol. The van der Waals surface area contributed by atoms with Crippen molar-refractivity contribution in [2.45, 2.75) is 25.3 Å². The molecule has 2 amide bonds. The van der Waals surface area contributed by atoms with Crippen molar-refractivity contribution < 1.29 is 9.59 Å². The molecule has 1 aromatic heterocycles. The van der Waals surface area contributed by atoms with Crippen LogP contribution in [0, 0.1) is 0 Å². The number of amides is 2. The lowest BCUT2D eigenvalue weighted by Crippen LogP contribution is -2.39. The summed E-state index contributed by atoms with van der Waals surface area (Å²) >= 11 is 0. The van der Waals surface area contributed by atoms with Crippen LogP contribution in [-0.4, -0.2) is 23.3 Å². The molecule has 1 aliphatic carbocycles. The van der Waals surface area contributed by atoms with E-state index in [1.54, 1.807) is 24.3 Å². The van der Waals surface area contributed by atoms with E-state index in [4.69, 9.17) is 0 Å². The Labute approximate surface area is 151 Å². The van der Waals surface area contributed by atoms with E-state index in [0.29, 0.717) is 5.56 Å². The van der Waals surface area contributed by atoms with E-state index in [1.165, 1.54) is 10.9 Å². The Morgan fingerprint density at radius 2 is 1.81 bits per heavy atom. The second-order valence-electron chi connectivity index (χ2n) is 6.62. The molecule has 0 saturated heterocycles. The van der Waals surface area contributed by atoms with Crippen LogP contribution in [0.1, 0.15) is 40.5 Å². The number of H-pyrrole nitrogens is 1. The van der Waals surface area contributed by atoms with Crippen LogP contribution in [0.4, 0.5) is 0 Å².